The van der Waals surface area contributed by atoms with Crippen molar-refractivity contribution in [2.75, 3.05) is 13.2 Å². The highest BCUT2D eigenvalue weighted by Gasteiger charge is 2.50. The van der Waals surface area contributed by atoms with Crippen LogP contribution in [0.2, 0.25) is 5.02 Å². The van der Waals surface area contributed by atoms with Crippen molar-refractivity contribution >= 4 is 23.2 Å². The van der Waals surface area contributed by atoms with Crippen LogP contribution in [-0.4, -0.2) is 35.7 Å². The fourth-order valence-corrected chi connectivity index (χ4v) is 7.68. The second kappa shape index (κ2) is 10.6. The van der Waals surface area contributed by atoms with Crippen LogP contribution in [0.25, 0.3) is 0 Å². The van der Waals surface area contributed by atoms with E-state index in [1.165, 1.54) is 19.3 Å². The highest BCUT2D eigenvalue weighted by molar-refractivity contribution is 6.32. The molecule has 1 saturated carbocycles. The van der Waals surface area contributed by atoms with Gasteiger partial charge in [-0.25, -0.2) is 0 Å². The standard InChI is InChI=1S/C33H44ClNO4/c1-7-38-27-15-20(14-22(34)31(27)39-8-2)28-29-23(16-32(3,4)18-25(29)36)35(21-12-10-9-11-13-21)24-17-33(5,6)19-26(37)30(24)28/h14-15,21,28H,7-13,16-19H2,1-6H3. The summed E-state index contributed by atoms with van der Waals surface area (Å²) in [6.07, 6.45) is 8.46. The molecule has 0 unspecified atom stereocenters. The number of benzene rings is 1. The molecule has 5 rings (SSSR count). The maximum absolute atomic E-state index is 14.1. The molecule has 0 amide bonds. The van der Waals surface area contributed by atoms with Gasteiger partial charge in [-0.2, -0.15) is 0 Å². The number of Topliss-reactive ketones (excluding diaryl/α,β-unsaturated/α-hetero) is 2. The first-order valence-electron chi connectivity index (χ1n) is 14.9. The van der Waals surface area contributed by atoms with Gasteiger partial charge in [0.1, 0.15) is 0 Å². The Morgan fingerprint density at radius 2 is 1.36 bits per heavy atom. The van der Waals surface area contributed by atoms with Crippen LogP contribution in [0.1, 0.15) is 111 Å². The van der Waals surface area contributed by atoms with E-state index >= 15 is 0 Å². The Hall–Kier alpha value is -2.27. The predicted octanol–water partition coefficient (Wildman–Crippen LogP) is 8.16. The number of ether oxygens (including phenoxy) is 2. The Morgan fingerprint density at radius 1 is 0.821 bits per heavy atom. The van der Waals surface area contributed by atoms with Crippen LogP contribution in [0.4, 0.5) is 0 Å². The first-order valence-corrected chi connectivity index (χ1v) is 15.2. The minimum Gasteiger partial charge on any atom is -0.490 e. The summed E-state index contributed by atoms with van der Waals surface area (Å²) in [6, 6.07) is 4.18. The van der Waals surface area contributed by atoms with E-state index in [1.807, 2.05) is 26.0 Å². The molecule has 1 aromatic rings. The Morgan fingerprint density at radius 3 is 1.87 bits per heavy atom. The number of ketones is 2. The summed E-state index contributed by atoms with van der Waals surface area (Å²) in [6.45, 7) is 13.6. The minimum absolute atomic E-state index is 0.132. The number of allylic oxidation sites excluding steroid dienone is 4. The molecule has 1 fully saturated rings. The number of nitrogens with zero attached hydrogens (tertiary/aromatic N) is 1. The van der Waals surface area contributed by atoms with E-state index in [-0.39, 0.29) is 22.4 Å². The van der Waals surface area contributed by atoms with E-state index < -0.39 is 5.92 Å². The van der Waals surface area contributed by atoms with Crippen LogP contribution in [0, 0.1) is 10.8 Å². The number of rotatable bonds is 6. The maximum Gasteiger partial charge on any atom is 0.179 e. The molecule has 212 valence electrons. The molecular formula is C33H44ClNO4. The number of carbonyl (C=O) groups is 2. The summed E-state index contributed by atoms with van der Waals surface area (Å²) in [5, 5.41) is 0.448. The lowest BCUT2D eigenvalue weighted by Gasteiger charge is -2.52. The molecular weight excluding hydrogens is 510 g/mol. The lowest BCUT2D eigenvalue weighted by atomic mass is 9.63. The summed E-state index contributed by atoms with van der Waals surface area (Å²) >= 11 is 6.81. The predicted molar refractivity (Wildman–Crippen MR) is 155 cm³/mol. The zero-order chi connectivity index (χ0) is 28.1. The van der Waals surface area contributed by atoms with Gasteiger partial charge in [0.25, 0.3) is 0 Å². The van der Waals surface area contributed by atoms with Gasteiger partial charge in [0, 0.05) is 47.3 Å². The van der Waals surface area contributed by atoms with Crippen LogP contribution in [0.15, 0.2) is 34.7 Å². The van der Waals surface area contributed by atoms with Gasteiger partial charge < -0.3 is 14.4 Å². The molecule has 0 saturated heterocycles. The summed E-state index contributed by atoms with van der Waals surface area (Å²) < 4.78 is 11.8. The van der Waals surface area contributed by atoms with Crippen LogP contribution in [0.3, 0.4) is 0 Å². The van der Waals surface area contributed by atoms with Crippen molar-refractivity contribution in [1.82, 2.24) is 4.90 Å². The molecule has 1 heterocycles. The van der Waals surface area contributed by atoms with Crippen LogP contribution < -0.4 is 9.47 Å². The molecule has 1 aromatic carbocycles. The van der Waals surface area contributed by atoms with Crippen molar-refractivity contribution in [3.05, 3.63) is 45.3 Å². The second-order valence-electron chi connectivity index (χ2n) is 13.4. The van der Waals surface area contributed by atoms with Gasteiger partial charge in [-0.05, 0) is 68.1 Å². The zero-order valence-electron chi connectivity index (χ0n) is 24.5. The Bertz CT molecular complexity index is 1180. The van der Waals surface area contributed by atoms with Crippen LogP contribution >= 0.6 is 11.6 Å². The number of halogens is 1. The largest absolute Gasteiger partial charge is 0.490 e. The van der Waals surface area contributed by atoms with Gasteiger partial charge in [-0.1, -0.05) is 58.6 Å². The summed E-state index contributed by atoms with van der Waals surface area (Å²) in [4.78, 5) is 30.7. The highest BCUT2D eigenvalue weighted by Crippen LogP contribution is 2.56. The molecule has 1 aliphatic heterocycles. The van der Waals surface area contributed by atoms with Gasteiger partial charge in [0.2, 0.25) is 0 Å². The first kappa shape index (κ1) is 28.3. The SMILES string of the molecule is CCOc1cc(C2C3=C(CC(C)(C)CC3=O)N(C3CCCCC3)C3=C2C(=O)CC(C)(C)C3)cc(Cl)c1OCC. The van der Waals surface area contributed by atoms with Gasteiger partial charge in [0.15, 0.2) is 23.1 Å². The number of hydrogen-bond donors (Lipinski definition) is 0. The minimum atomic E-state index is -0.436. The van der Waals surface area contributed by atoms with E-state index in [2.05, 4.69) is 32.6 Å². The number of carbonyl (C=O) groups excluding carboxylic acids is 2. The molecule has 0 radical (unpaired) electrons. The molecule has 39 heavy (non-hydrogen) atoms. The van der Waals surface area contributed by atoms with Crippen molar-refractivity contribution < 1.29 is 19.1 Å². The van der Waals surface area contributed by atoms with Gasteiger partial charge in [-0.15, -0.1) is 0 Å². The smallest absolute Gasteiger partial charge is 0.179 e. The van der Waals surface area contributed by atoms with Gasteiger partial charge in [0.05, 0.1) is 18.2 Å². The Labute approximate surface area is 238 Å². The van der Waals surface area contributed by atoms with E-state index in [0.717, 1.165) is 53.8 Å². The highest BCUT2D eigenvalue weighted by atomic mass is 35.5. The molecule has 0 bridgehead atoms. The average Bonchev–Trinajstić information content (AvgIpc) is 2.84. The molecule has 3 aliphatic carbocycles. The second-order valence-corrected chi connectivity index (χ2v) is 13.8. The third kappa shape index (κ3) is 5.28. The van der Waals surface area contributed by atoms with Crippen molar-refractivity contribution in [2.45, 2.75) is 111 Å². The summed E-state index contributed by atoms with van der Waals surface area (Å²) in [5.74, 6) is 0.945. The molecule has 0 N–H and O–H groups in total. The molecule has 4 aliphatic rings. The average molecular weight is 554 g/mol. The zero-order valence-corrected chi connectivity index (χ0v) is 25.3. The van der Waals surface area contributed by atoms with Gasteiger partial charge >= 0.3 is 0 Å². The third-order valence-electron chi connectivity index (χ3n) is 8.85. The molecule has 0 atom stereocenters. The van der Waals surface area contributed by atoms with Crippen molar-refractivity contribution in [2.24, 2.45) is 10.8 Å². The Kier molecular flexibility index (Phi) is 7.69. The number of hydrogen-bond acceptors (Lipinski definition) is 5. The lowest BCUT2D eigenvalue weighted by Crippen LogP contribution is -2.48. The molecule has 0 aromatic heterocycles. The fraction of sp³-hybridized carbons (Fsp3) is 0.636. The summed E-state index contributed by atoms with van der Waals surface area (Å²) in [7, 11) is 0. The lowest BCUT2D eigenvalue weighted by molar-refractivity contribution is -0.119. The van der Waals surface area contributed by atoms with Crippen molar-refractivity contribution in [3.8, 4) is 11.5 Å². The van der Waals surface area contributed by atoms with E-state index in [9.17, 15) is 9.59 Å². The van der Waals surface area contributed by atoms with Crippen LogP contribution in [0.5, 0.6) is 11.5 Å². The molecule has 6 heteroatoms. The monoisotopic (exact) mass is 553 g/mol. The van der Waals surface area contributed by atoms with Crippen LogP contribution in [-0.2, 0) is 9.59 Å². The fourth-order valence-electron chi connectivity index (χ4n) is 7.41. The van der Waals surface area contributed by atoms with Gasteiger partial charge in [-0.3, -0.25) is 9.59 Å². The first-order chi connectivity index (χ1) is 18.5. The topological polar surface area (TPSA) is 55.8 Å². The maximum atomic E-state index is 14.1. The van der Waals surface area contributed by atoms with Crippen molar-refractivity contribution in [3.63, 3.8) is 0 Å². The quantitative estimate of drug-likeness (QED) is 0.355. The third-order valence-corrected chi connectivity index (χ3v) is 9.13. The normalized spacial score (nSPS) is 23.6. The van der Waals surface area contributed by atoms with E-state index in [0.29, 0.717) is 48.6 Å². The molecule has 0 spiro atoms. The molecule has 5 nitrogen and oxygen atoms in total. The Balaban J connectivity index is 1.78. The van der Waals surface area contributed by atoms with E-state index in [1.54, 1.807) is 0 Å². The summed E-state index contributed by atoms with van der Waals surface area (Å²) in [5.41, 5.74) is 4.46. The van der Waals surface area contributed by atoms with E-state index in [4.69, 9.17) is 21.1 Å². The van der Waals surface area contributed by atoms with Crippen molar-refractivity contribution in [1.29, 1.82) is 0 Å².